The fourth-order valence-corrected chi connectivity index (χ4v) is 4.41. The Morgan fingerprint density at radius 1 is 1.16 bits per heavy atom. The summed E-state index contributed by atoms with van der Waals surface area (Å²) in [5.41, 5.74) is 2.64. The van der Waals surface area contributed by atoms with Gasteiger partial charge < -0.3 is 14.6 Å². The van der Waals surface area contributed by atoms with Crippen LogP contribution in [0.5, 0.6) is 5.75 Å². The first-order valence-electron chi connectivity index (χ1n) is 9.49. The van der Waals surface area contributed by atoms with Gasteiger partial charge in [-0.15, -0.1) is 0 Å². The quantitative estimate of drug-likeness (QED) is 0.503. The Hall–Kier alpha value is -3.30. The van der Waals surface area contributed by atoms with E-state index in [2.05, 4.69) is 15.2 Å². The van der Waals surface area contributed by atoms with E-state index in [1.807, 2.05) is 0 Å². The maximum Gasteiger partial charge on any atom is 0.265 e. The first-order valence-corrected chi connectivity index (χ1v) is 11.4. The van der Waals surface area contributed by atoms with Crippen LogP contribution in [0.3, 0.4) is 0 Å². The number of nitrogens with one attached hydrogen (secondary N) is 2. The molecule has 2 aromatic carbocycles. The third-order valence-corrected chi connectivity index (χ3v) is 6.16. The zero-order valence-electron chi connectivity index (χ0n) is 17.9. The first-order chi connectivity index (χ1) is 15.1. The molecule has 0 aliphatic rings. The fourth-order valence-electron chi connectivity index (χ4n) is 2.91. The van der Waals surface area contributed by atoms with Gasteiger partial charge in [-0.2, -0.15) is 0 Å². The van der Waals surface area contributed by atoms with Gasteiger partial charge in [0.15, 0.2) is 5.76 Å². The van der Waals surface area contributed by atoms with Crippen LogP contribution in [-0.4, -0.2) is 26.6 Å². The van der Waals surface area contributed by atoms with E-state index in [4.69, 9.17) is 20.9 Å². The van der Waals surface area contributed by atoms with E-state index in [0.29, 0.717) is 33.4 Å². The second kappa shape index (κ2) is 9.46. The molecule has 1 aromatic heterocycles. The molecule has 32 heavy (non-hydrogen) atoms. The number of benzene rings is 2. The van der Waals surface area contributed by atoms with Gasteiger partial charge in [0, 0.05) is 11.9 Å². The number of aromatic nitrogens is 1. The number of carbonyl (C=O) groups is 1. The van der Waals surface area contributed by atoms with Gasteiger partial charge in [-0.3, -0.25) is 9.52 Å². The number of hydrogen-bond donors (Lipinski definition) is 2. The number of methoxy groups -OCH3 is 1. The molecule has 0 unspecified atom stereocenters. The van der Waals surface area contributed by atoms with Gasteiger partial charge in [0.25, 0.3) is 10.0 Å². The van der Waals surface area contributed by atoms with Gasteiger partial charge in [-0.1, -0.05) is 35.0 Å². The summed E-state index contributed by atoms with van der Waals surface area (Å²) in [5.74, 6) is 0.264. The molecule has 3 aromatic rings. The van der Waals surface area contributed by atoms with Crippen molar-refractivity contribution in [3.05, 3.63) is 64.0 Å². The van der Waals surface area contributed by atoms with Crippen LogP contribution < -0.4 is 14.8 Å². The summed E-state index contributed by atoms with van der Waals surface area (Å²) in [6, 6.07) is 9.67. The van der Waals surface area contributed by atoms with Crippen LogP contribution in [0.1, 0.15) is 29.5 Å². The number of nitrogens with zero attached hydrogens (tertiary/aromatic N) is 1. The van der Waals surface area contributed by atoms with Crippen LogP contribution in [-0.2, 0) is 14.8 Å². The van der Waals surface area contributed by atoms with E-state index in [9.17, 15) is 13.2 Å². The molecule has 0 radical (unpaired) electrons. The minimum Gasteiger partial charge on any atom is -0.495 e. The zero-order chi connectivity index (χ0) is 23.5. The standard InChI is InChI=1S/C22H22ClN3O5S/c1-13-5-8-17(23)12-18(13)26-32(28,29)21-11-16(6-9-19(21)30-4)7-10-20-22(24-15(3)27)14(2)25-31-20/h5-12,26H,1-4H3,(H,24,27)/b10-7-. The number of ether oxygens (including phenoxy) is 1. The maximum atomic E-state index is 13.1. The molecule has 168 valence electrons. The third-order valence-electron chi connectivity index (χ3n) is 4.54. The average Bonchev–Trinajstić information content (AvgIpc) is 3.07. The van der Waals surface area contributed by atoms with Gasteiger partial charge in [-0.05, 0) is 55.3 Å². The highest BCUT2D eigenvalue weighted by Crippen LogP contribution is 2.30. The van der Waals surface area contributed by atoms with E-state index in [0.717, 1.165) is 5.56 Å². The predicted molar refractivity (Wildman–Crippen MR) is 124 cm³/mol. The highest BCUT2D eigenvalue weighted by atomic mass is 35.5. The molecule has 10 heteroatoms. The minimum absolute atomic E-state index is 0.0441. The Balaban J connectivity index is 1.96. The van der Waals surface area contributed by atoms with Crippen molar-refractivity contribution in [2.45, 2.75) is 25.7 Å². The molecule has 0 aliphatic heterocycles. The smallest absolute Gasteiger partial charge is 0.265 e. The lowest BCUT2D eigenvalue weighted by Gasteiger charge is -2.14. The van der Waals surface area contributed by atoms with E-state index in [1.54, 1.807) is 56.3 Å². The Morgan fingerprint density at radius 3 is 2.59 bits per heavy atom. The summed E-state index contributed by atoms with van der Waals surface area (Å²) in [4.78, 5) is 11.4. The molecular weight excluding hydrogens is 454 g/mol. The van der Waals surface area contributed by atoms with Crippen LogP contribution in [0.25, 0.3) is 12.2 Å². The zero-order valence-corrected chi connectivity index (χ0v) is 19.5. The van der Waals surface area contributed by atoms with Crippen molar-refractivity contribution >= 4 is 51.1 Å². The lowest BCUT2D eigenvalue weighted by atomic mass is 10.2. The SMILES string of the molecule is COc1ccc(/C=C\c2onc(C)c2NC(C)=O)cc1S(=O)(=O)Nc1cc(Cl)ccc1C. The Kier molecular flexibility index (Phi) is 6.90. The molecule has 0 bridgehead atoms. The number of hydrogen-bond acceptors (Lipinski definition) is 6. The highest BCUT2D eigenvalue weighted by Gasteiger charge is 2.21. The van der Waals surface area contributed by atoms with Crippen molar-refractivity contribution in [1.82, 2.24) is 5.16 Å². The molecular formula is C22H22ClN3O5S. The molecule has 2 N–H and O–H groups in total. The van der Waals surface area contributed by atoms with E-state index in [-0.39, 0.29) is 16.6 Å². The van der Waals surface area contributed by atoms with Gasteiger partial charge in [-0.25, -0.2) is 8.42 Å². The monoisotopic (exact) mass is 475 g/mol. The van der Waals surface area contributed by atoms with Crippen LogP contribution in [0.2, 0.25) is 5.02 Å². The van der Waals surface area contributed by atoms with Crippen molar-refractivity contribution in [2.24, 2.45) is 0 Å². The van der Waals surface area contributed by atoms with Crippen molar-refractivity contribution in [1.29, 1.82) is 0 Å². The Morgan fingerprint density at radius 2 is 1.91 bits per heavy atom. The Labute approximate surface area is 191 Å². The van der Waals surface area contributed by atoms with Gasteiger partial charge in [0.1, 0.15) is 22.0 Å². The topological polar surface area (TPSA) is 111 Å². The normalized spacial score (nSPS) is 11.5. The summed E-state index contributed by atoms with van der Waals surface area (Å²) >= 11 is 6.01. The molecule has 1 amide bonds. The predicted octanol–water partition coefficient (Wildman–Crippen LogP) is 4.88. The van der Waals surface area contributed by atoms with E-state index >= 15 is 0 Å². The number of anilines is 2. The molecule has 0 atom stereocenters. The molecule has 3 rings (SSSR count). The van der Waals surface area contributed by atoms with Crippen molar-refractivity contribution in [3.8, 4) is 5.75 Å². The summed E-state index contributed by atoms with van der Waals surface area (Å²) < 4.78 is 39.3. The number of carbonyl (C=O) groups excluding carboxylic acids is 1. The highest BCUT2D eigenvalue weighted by molar-refractivity contribution is 7.92. The largest absolute Gasteiger partial charge is 0.495 e. The molecule has 0 saturated carbocycles. The van der Waals surface area contributed by atoms with Crippen LogP contribution in [0, 0.1) is 13.8 Å². The van der Waals surface area contributed by atoms with Crippen LogP contribution >= 0.6 is 11.6 Å². The van der Waals surface area contributed by atoms with Crippen LogP contribution in [0.4, 0.5) is 11.4 Å². The first kappa shape index (κ1) is 23.4. The van der Waals surface area contributed by atoms with Gasteiger partial charge in [0.05, 0.1) is 12.8 Å². The Bertz CT molecular complexity index is 1300. The molecule has 8 nitrogen and oxygen atoms in total. The van der Waals surface area contributed by atoms with E-state index in [1.165, 1.54) is 20.1 Å². The summed E-state index contributed by atoms with van der Waals surface area (Å²) in [6.07, 6.45) is 3.24. The minimum atomic E-state index is -3.98. The average molecular weight is 476 g/mol. The second-order valence-electron chi connectivity index (χ2n) is 7.00. The molecule has 0 saturated heterocycles. The second-order valence-corrected chi connectivity index (χ2v) is 9.08. The van der Waals surface area contributed by atoms with Gasteiger partial charge in [0.2, 0.25) is 5.91 Å². The number of amides is 1. The molecule has 1 heterocycles. The lowest BCUT2D eigenvalue weighted by Crippen LogP contribution is -2.15. The maximum absolute atomic E-state index is 13.1. The van der Waals surface area contributed by atoms with Crippen molar-refractivity contribution in [3.63, 3.8) is 0 Å². The van der Waals surface area contributed by atoms with Crippen molar-refractivity contribution in [2.75, 3.05) is 17.1 Å². The lowest BCUT2D eigenvalue weighted by molar-refractivity contribution is -0.114. The third kappa shape index (κ3) is 5.30. The molecule has 0 aliphatic carbocycles. The van der Waals surface area contributed by atoms with Gasteiger partial charge >= 0.3 is 0 Å². The number of halogens is 1. The molecule has 0 spiro atoms. The van der Waals surface area contributed by atoms with Crippen molar-refractivity contribution < 1.29 is 22.5 Å². The number of rotatable bonds is 7. The molecule has 0 fully saturated rings. The van der Waals surface area contributed by atoms with E-state index < -0.39 is 10.0 Å². The summed E-state index contributed by atoms with van der Waals surface area (Å²) in [5, 5.41) is 6.93. The van der Waals surface area contributed by atoms with Crippen LogP contribution in [0.15, 0.2) is 45.8 Å². The number of sulfonamides is 1. The summed E-state index contributed by atoms with van der Waals surface area (Å²) in [6.45, 7) is 4.86. The number of aryl methyl sites for hydroxylation is 2. The fraction of sp³-hybridized carbons (Fsp3) is 0.182. The summed E-state index contributed by atoms with van der Waals surface area (Å²) in [7, 11) is -2.59.